The maximum absolute atomic E-state index is 13.9. The zero-order chi connectivity index (χ0) is 21.5. The SMILES string of the molecule is O=C(C[C@H]1c2ccccc2C[C@@H]1O)c1nc(-c2ccc(F)c(F)c2)n2c1CCCCC2. The minimum absolute atomic E-state index is 0.111. The van der Waals surface area contributed by atoms with Gasteiger partial charge in [0.1, 0.15) is 11.5 Å². The summed E-state index contributed by atoms with van der Waals surface area (Å²) in [5, 5.41) is 10.6. The lowest BCUT2D eigenvalue weighted by Crippen LogP contribution is -2.18. The third-order valence-electron chi connectivity index (χ3n) is 6.56. The van der Waals surface area contributed by atoms with Gasteiger partial charge in [0.2, 0.25) is 0 Å². The lowest BCUT2D eigenvalue weighted by molar-refractivity contribution is 0.0915. The van der Waals surface area contributed by atoms with E-state index in [1.54, 1.807) is 0 Å². The van der Waals surface area contributed by atoms with Crippen LogP contribution in [0.15, 0.2) is 42.5 Å². The summed E-state index contributed by atoms with van der Waals surface area (Å²) in [6, 6.07) is 11.6. The fourth-order valence-corrected chi connectivity index (χ4v) is 5.00. The van der Waals surface area contributed by atoms with Gasteiger partial charge in [-0.15, -0.1) is 0 Å². The van der Waals surface area contributed by atoms with Crippen molar-refractivity contribution in [1.29, 1.82) is 0 Å². The first-order chi connectivity index (χ1) is 15.0. The number of benzene rings is 2. The van der Waals surface area contributed by atoms with Crippen molar-refractivity contribution < 1.29 is 18.7 Å². The summed E-state index contributed by atoms with van der Waals surface area (Å²) in [6.07, 6.45) is 3.81. The van der Waals surface area contributed by atoms with Gasteiger partial charge >= 0.3 is 0 Å². The summed E-state index contributed by atoms with van der Waals surface area (Å²) >= 11 is 0. The van der Waals surface area contributed by atoms with Crippen molar-refractivity contribution in [3.8, 4) is 11.4 Å². The Balaban J connectivity index is 1.52. The molecule has 2 atom stereocenters. The third-order valence-corrected chi connectivity index (χ3v) is 6.56. The lowest BCUT2D eigenvalue weighted by atomic mass is 9.92. The number of aromatic nitrogens is 2. The van der Waals surface area contributed by atoms with E-state index < -0.39 is 17.7 Å². The average molecular weight is 422 g/mol. The number of aliphatic hydroxyl groups is 1. The number of carbonyl (C=O) groups excluding carboxylic acids is 1. The molecule has 1 aliphatic heterocycles. The average Bonchev–Trinajstić information content (AvgIpc) is 3.16. The second-order valence-electron chi connectivity index (χ2n) is 8.53. The number of nitrogens with zero attached hydrogens (tertiary/aromatic N) is 2. The van der Waals surface area contributed by atoms with E-state index in [-0.39, 0.29) is 18.1 Å². The van der Waals surface area contributed by atoms with Gasteiger partial charge in [-0.1, -0.05) is 30.7 Å². The Bertz CT molecular complexity index is 1150. The van der Waals surface area contributed by atoms with E-state index in [4.69, 9.17) is 0 Å². The Morgan fingerprint density at radius 1 is 1.10 bits per heavy atom. The molecule has 6 heteroatoms. The molecule has 0 saturated heterocycles. The van der Waals surface area contributed by atoms with Gasteiger partial charge in [0.25, 0.3) is 0 Å². The van der Waals surface area contributed by atoms with E-state index in [1.807, 2.05) is 28.8 Å². The quantitative estimate of drug-likeness (QED) is 0.613. The van der Waals surface area contributed by atoms with E-state index in [0.717, 1.165) is 54.6 Å². The van der Waals surface area contributed by atoms with Crippen LogP contribution in [0.25, 0.3) is 11.4 Å². The topological polar surface area (TPSA) is 55.1 Å². The number of fused-ring (bicyclic) bond motifs is 2. The van der Waals surface area contributed by atoms with E-state index >= 15 is 0 Å². The molecule has 0 spiro atoms. The fourth-order valence-electron chi connectivity index (χ4n) is 5.00. The predicted molar refractivity (Wildman–Crippen MR) is 113 cm³/mol. The fraction of sp³-hybridized carbons (Fsp3) is 0.360. The molecule has 0 saturated carbocycles. The van der Waals surface area contributed by atoms with Crippen LogP contribution in [-0.2, 0) is 19.4 Å². The second-order valence-corrected chi connectivity index (χ2v) is 8.53. The molecule has 0 bridgehead atoms. The standard InChI is InChI=1S/C25H24F2N2O2/c26-19-10-9-16(12-20(19)27)25-28-24(21-8-2-1-5-11-29(21)25)23(31)14-18-17-7-4-3-6-15(17)13-22(18)30/h3-4,6-7,9-10,12,18,22,30H,1-2,5,8,11,13-14H2/t18-,22-/m0/s1. The number of imidazole rings is 1. The first-order valence-corrected chi connectivity index (χ1v) is 10.9. The van der Waals surface area contributed by atoms with E-state index in [2.05, 4.69) is 4.98 Å². The van der Waals surface area contributed by atoms with Gasteiger partial charge in [0, 0.05) is 30.1 Å². The number of ketones is 1. The predicted octanol–water partition coefficient (Wildman–Crippen LogP) is 4.83. The van der Waals surface area contributed by atoms with Crippen LogP contribution in [0.3, 0.4) is 0 Å². The van der Waals surface area contributed by atoms with Crippen molar-refractivity contribution in [2.45, 2.75) is 57.1 Å². The second kappa shape index (κ2) is 8.00. The molecular formula is C25H24F2N2O2. The van der Waals surface area contributed by atoms with Gasteiger partial charge in [-0.3, -0.25) is 4.79 Å². The van der Waals surface area contributed by atoms with Crippen LogP contribution in [0.4, 0.5) is 8.78 Å². The molecule has 2 aromatic carbocycles. The summed E-state index contributed by atoms with van der Waals surface area (Å²) in [4.78, 5) is 18.0. The number of rotatable bonds is 4. The van der Waals surface area contributed by atoms with Gasteiger partial charge in [0.15, 0.2) is 17.4 Å². The van der Waals surface area contributed by atoms with Crippen LogP contribution in [0.5, 0.6) is 0 Å². The Morgan fingerprint density at radius 2 is 1.94 bits per heavy atom. The lowest BCUT2D eigenvalue weighted by Gasteiger charge is -2.15. The largest absolute Gasteiger partial charge is 0.392 e. The molecule has 0 amide bonds. The monoisotopic (exact) mass is 422 g/mol. The molecule has 1 aliphatic carbocycles. The summed E-state index contributed by atoms with van der Waals surface area (Å²) in [5.41, 5.74) is 3.84. The van der Waals surface area contributed by atoms with Gasteiger partial charge < -0.3 is 9.67 Å². The number of halogens is 2. The van der Waals surface area contributed by atoms with Crippen molar-refractivity contribution in [3.63, 3.8) is 0 Å². The molecular weight excluding hydrogens is 398 g/mol. The zero-order valence-electron chi connectivity index (χ0n) is 17.2. The normalized spacial score (nSPS) is 20.2. The Labute approximate surface area is 179 Å². The van der Waals surface area contributed by atoms with Gasteiger partial charge in [-0.05, 0) is 55.0 Å². The molecule has 1 aromatic heterocycles. The molecule has 0 radical (unpaired) electrons. The van der Waals surface area contributed by atoms with Crippen molar-refractivity contribution in [3.05, 3.63) is 76.6 Å². The molecule has 5 rings (SSSR count). The van der Waals surface area contributed by atoms with E-state index in [0.29, 0.717) is 30.0 Å². The number of hydrogen-bond donors (Lipinski definition) is 1. The molecule has 3 aromatic rings. The molecule has 2 heterocycles. The van der Waals surface area contributed by atoms with Crippen molar-refractivity contribution in [2.24, 2.45) is 0 Å². The minimum atomic E-state index is -0.929. The summed E-state index contributed by atoms with van der Waals surface area (Å²) < 4.78 is 29.3. The Morgan fingerprint density at radius 3 is 2.77 bits per heavy atom. The maximum atomic E-state index is 13.9. The summed E-state index contributed by atoms with van der Waals surface area (Å²) in [7, 11) is 0. The zero-order valence-corrected chi connectivity index (χ0v) is 17.2. The molecule has 0 unspecified atom stereocenters. The molecule has 4 nitrogen and oxygen atoms in total. The van der Waals surface area contributed by atoms with Crippen LogP contribution in [-0.4, -0.2) is 26.5 Å². The highest BCUT2D eigenvalue weighted by atomic mass is 19.2. The highest BCUT2D eigenvalue weighted by molar-refractivity contribution is 5.96. The third kappa shape index (κ3) is 3.59. The number of hydrogen-bond acceptors (Lipinski definition) is 3. The van der Waals surface area contributed by atoms with Crippen LogP contribution in [0.1, 0.15) is 58.9 Å². The molecule has 31 heavy (non-hydrogen) atoms. The van der Waals surface area contributed by atoms with Gasteiger partial charge in [0.05, 0.1) is 6.10 Å². The first kappa shape index (κ1) is 20.1. The first-order valence-electron chi connectivity index (χ1n) is 10.9. The summed E-state index contributed by atoms with van der Waals surface area (Å²) in [5.74, 6) is -1.69. The number of aliphatic hydroxyl groups excluding tert-OH is 1. The number of carbonyl (C=O) groups is 1. The van der Waals surface area contributed by atoms with Gasteiger partial charge in [-0.25, -0.2) is 13.8 Å². The maximum Gasteiger partial charge on any atom is 0.183 e. The van der Waals surface area contributed by atoms with Crippen LogP contribution < -0.4 is 0 Å². The van der Waals surface area contributed by atoms with Crippen LogP contribution >= 0.6 is 0 Å². The molecule has 2 aliphatic rings. The van der Waals surface area contributed by atoms with E-state index in [1.165, 1.54) is 6.07 Å². The smallest absolute Gasteiger partial charge is 0.183 e. The Kier molecular flexibility index (Phi) is 5.18. The van der Waals surface area contributed by atoms with Crippen LogP contribution in [0.2, 0.25) is 0 Å². The summed E-state index contributed by atoms with van der Waals surface area (Å²) in [6.45, 7) is 0.693. The molecule has 1 N–H and O–H groups in total. The minimum Gasteiger partial charge on any atom is -0.392 e. The van der Waals surface area contributed by atoms with Crippen molar-refractivity contribution >= 4 is 5.78 Å². The molecule has 160 valence electrons. The van der Waals surface area contributed by atoms with Crippen molar-refractivity contribution in [2.75, 3.05) is 0 Å². The highest BCUT2D eigenvalue weighted by Gasteiger charge is 2.34. The van der Waals surface area contributed by atoms with Gasteiger partial charge in [-0.2, -0.15) is 0 Å². The Hall–Kier alpha value is -2.86. The number of Topliss-reactive ketones (excluding diaryl/α,β-unsaturated/α-hetero) is 1. The highest BCUT2D eigenvalue weighted by Crippen LogP contribution is 2.37. The van der Waals surface area contributed by atoms with E-state index in [9.17, 15) is 18.7 Å². The van der Waals surface area contributed by atoms with Crippen molar-refractivity contribution in [1.82, 2.24) is 9.55 Å². The molecule has 0 fully saturated rings. The van der Waals surface area contributed by atoms with Crippen LogP contribution in [0, 0.1) is 11.6 Å².